The number of ether oxygens (including phenoxy) is 6. The van der Waals surface area contributed by atoms with Gasteiger partial charge in [0.2, 0.25) is 0 Å². The average Bonchev–Trinajstić information content (AvgIpc) is 3.18. The van der Waals surface area contributed by atoms with Gasteiger partial charge in [0, 0.05) is 49.5 Å². The first kappa shape index (κ1) is 49.6. The van der Waals surface area contributed by atoms with Gasteiger partial charge in [0.05, 0.1) is 24.3 Å². The van der Waals surface area contributed by atoms with Gasteiger partial charge in [-0.05, 0) is 65.8 Å². The molecule has 0 aromatic carbocycles. The Kier molecular flexibility index (Phi) is 18.6. The van der Waals surface area contributed by atoms with Crippen molar-refractivity contribution in [1.82, 2.24) is 15.2 Å². The Morgan fingerprint density at radius 3 is 2.39 bits per heavy atom. The molecule has 16 nitrogen and oxygen atoms in total. The predicted octanol–water partition coefficient (Wildman–Crippen LogP) is 3.77. The van der Waals surface area contributed by atoms with Crippen molar-refractivity contribution in [1.29, 1.82) is 0 Å². The van der Waals surface area contributed by atoms with E-state index >= 15 is 0 Å². The largest absolute Gasteiger partial charge is 0.457 e. The van der Waals surface area contributed by atoms with E-state index in [4.69, 9.17) is 34.2 Å². The Balaban J connectivity index is 2.15. The molecule has 332 valence electrons. The van der Waals surface area contributed by atoms with Crippen LogP contribution in [0.1, 0.15) is 87.1 Å². The molecule has 2 fully saturated rings. The molecule has 59 heavy (non-hydrogen) atoms. The van der Waals surface area contributed by atoms with Crippen molar-refractivity contribution in [2.75, 3.05) is 20.6 Å². The first-order valence-electron chi connectivity index (χ1n) is 20.5. The number of ketones is 1. The summed E-state index contributed by atoms with van der Waals surface area (Å²) < 4.78 is 37.0. The summed E-state index contributed by atoms with van der Waals surface area (Å²) >= 11 is 0. The molecule has 2 aliphatic rings. The number of amides is 1. The first-order chi connectivity index (χ1) is 27.7. The van der Waals surface area contributed by atoms with E-state index in [2.05, 4.69) is 10.3 Å². The molecule has 0 spiro atoms. The van der Waals surface area contributed by atoms with E-state index in [9.17, 15) is 29.4 Å². The molecule has 0 saturated carbocycles. The van der Waals surface area contributed by atoms with Crippen molar-refractivity contribution in [2.45, 2.75) is 148 Å². The minimum absolute atomic E-state index is 0.0765. The number of likely N-dealkylation sites (N-methyl/N-ethyl adjacent to an activating group) is 1. The maximum Gasteiger partial charge on any atom is 0.408 e. The number of hydrogen-bond donors (Lipinski definition) is 4. The molecule has 1 aromatic heterocycles. The number of rotatable bonds is 12. The van der Waals surface area contributed by atoms with E-state index in [0.717, 1.165) is 5.56 Å². The topological polar surface area (TPSA) is 218 Å². The van der Waals surface area contributed by atoms with Crippen LogP contribution in [0.25, 0.3) is 6.08 Å². The summed E-state index contributed by atoms with van der Waals surface area (Å²) in [6, 6.07) is 2.28. The zero-order valence-corrected chi connectivity index (χ0v) is 36.5. The smallest absolute Gasteiger partial charge is 0.408 e. The zero-order chi connectivity index (χ0) is 44.2. The fourth-order valence-electron chi connectivity index (χ4n) is 8.38. The highest BCUT2D eigenvalue weighted by Crippen LogP contribution is 2.40. The molecule has 0 radical (unpaired) electrons. The number of pyridine rings is 1. The lowest BCUT2D eigenvalue weighted by Crippen LogP contribution is -2.63. The third-order valence-corrected chi connectivity index (χ3v) is 11.8. The van der Waals surface area contributed by atoms with Crippen LogP contribution in [0, 0.1) is 23.7 Å². The number of alkyl carbamates (subject to hydrolysis) is 1. The van der Waals surface area contributed by atoms with Crippen LogP contribution in [0.3, 0.4) is 0 Å². The number of nitrogens with one attached hydrogen (secondary N) is 1. The number of carbonyl (C=O) groups excluding carboxylic acids is 4. The Hall–Kier alpha value is -3.77. The number of esters is 1. The van der Waals surface area contributed by atoms with Crippen molar-refractivity contribution < 1.29 is 57.8 Å². The summed E-state index contributed by atoms with van der Waals surface area (Å²) in [6.07, 6.45) is 2.51. The van der Waals surface area contributed by atoms with Crippen LogP contribution in [0.4, 0.5) is 4.79 Å². The molecule has 0 aliphatic carbocycles. The van der Waals surface area contributed by atoms with Crippen molar-refractivity contribution in [2.24, 2.45) is 29.4 Å². The number of allylic oxidation sites excluding steroid dienone is 2. The lowest BCUT2D eigenvalue weighted by Gasteiger charge is -2.49. The van der Waals surface area contributed by atoms with Gasteiger partial charge in [-0.25, -0.2) is 4.79 Å². The molecule has 2 aliphatic heterocycles. The van der Waals surface area contributed by atoms with Crippen LogP contribution in [0.5, 0.6) is 0 Å². The molecule has 3 rings (SSSR count). The molecule has 1 amide bonds. The number of aliphatic hydroxyl groups excluding tert-OH is 2. The minimum Gasteiger partial charge on any atom is -0.457 e. The van der Waals surface area contributed by atoms with Crippen molar-refractivity contribution >= 4 is 30.4 Å². The lowest BCUT2D eigenvalue weighted by atomic mass is 9.73. The number of nitrogens with zero attached hydrogens (tertiary/aromatic N) is 2. The maximum atomic E-state index is 14.4. The Morgan fingerprint density at radius 1 is 1.10 bits per heavy atom. The minimum atomic E-state index is -1.70. The fourth-order valence-corrected chi connectivity index (χ4v) is 8.38. The number of aliphatic hydroxyl groups is 2. The number of nitrogens with two attached hydrogens (primary N) is 1. The quantitative estimate of drug-likeness (QED) is 0.102. The number of Topliss-reactive ketones (excluding diaryl/α,β-unsaturated/α-hetero) is 1. The van der Waals surface area contributed by atoms with E-state index in [1.165, 1.54) is 6.92 Å². The molecule has 15 atom stereocenters. The Morgan fingerprint density at radius 2 is 1.80 bits per heavy atom. The summed E-state index contributed by atoms with van der Waals surface area (Å²) in [4.78, 5) is 58.5. The molecule has 1 unspecified atom stereocenters. The first-order valence-corrected chi connectivity index (χ1v) is 20.5. The number of hydrogen-bond acceptors (Lipinski definition) is 15. The average molecular weight is 833 g/mol. The van der Waals surface area contributed by atoms with Crippen LogP contribution in [0.2, 0.25) is 0 Å². The molecular formula is C43H68N4O12. The van der Waals surface area contributed by atoms with Crippen LogP contribution in [-0.4, -0.2) is 131 Å². The van der Waals surface area contributed by atoms with E-state index in [1.807, 2.05) is 44.1 Å². The van der Waals surface area contributed by atoms with Gasteiger partial charge in [-0.15, -0.1) is 0 Å². The second kappa shape index (κ2) is 22.2. The van der Waals surface area contributed by atoms with E-state index in [-0.39, 0.29) is 43.8 Å². The van der Waals surface area contributed by atoms with Gasteiger partial charge in [0.25, 0.3) is 6.47 Å². The van der Waals surface area contributed by atoms with Gasteiger partial charge in [-0.3, -0.25) is 19.4 Å². The Labute approximate surface area is 349 Å². The summed E-state index contributed by atoms with van der Waals surface area (Å²) in [6.45, 7) is 14.9. The SMILES string of the molecule is CC[C@H]1OC(O)[C@H](C)[C@@H](O)[C@H](C)[C@@H](O[C@@H]2O[C@H](C)C[C@H](N(C)C)[C@H]2OC(C)=O)[C@](C)(OC(=O)NC/C=C/C=C/c2cccnc2)C[C@@H](C)C(=O)[C@H](C)[C@@H](N)[C@]1(C)OC=O. The maximum absolute atomic E-state index is 14.4. The fraction of sp³-hybridized carbons (Fsp3) is 0.698. The van der Waals surface area contributed by atoms with Crippen molar-refractivity contribution in [3.8, 4) is 0 Å². The van der Waals surface area contributed by atoms with Crippen molar-refractivity contribution in [3.63, 3.8) is 0 Å². The second-order valence-electron chi connectivity index (χ2n) is 16.7. The van der Waals surface area contributed by atoms with E-state index in [0.29, 0.717) is 6.42 Å². The summed E-state index contributed by atoms with van der Waals surface area (Å²) in [5.74, 6) is -4.64. The molecule has 5 N–H and O–H groups in total. The van der Waals surface area contributed by atoms with Gasteiger partial charge in [-0.2, -0.15) is 0 Å². The lowest BCUT2D eigenvalue weighted by molar-refractivity contribution is -0.303. The van der Waals surface area contributed by atoms with Gasteiger partial charge in [0.15, 0.2) is 24.3 Å². The summed E-state index contributed by atoms with van der Waals surface area (Å²) in [7, 11) is 3.70. The highest BCUT2D eigenvalue weighted by atomic mass is 16.7. The predicted molar refractivity (Wildman–Crippen MR) is 219 cm³/mol. The van der Waals surface area contributed by atoms with E-state index < -0.39 is 90.0 Å². The van der Waals surface area contributed by atoms with Crippen molar-refractivity contribution in [3.05, 3.63) is 48.3 Å². The standard InChI is InChI=1S/C43H68N4O12/c1-12-33-43(9,54-24-48)37(44)27(4)34(50)25(2)22-42(8,59-41(53)46-20-15-13-14-17-31-18-16-19-45-23-31)38(28(5)35(51)29(6)39(52)57-33)58-40-36(56-30(7)49)32(47(10)11)21-26(3)55-40/h13-19,23-29,32-33,35-40,51-52H,12,20-22,44H2,1-11H3,(H,46,53)/b15-13+,17-14+/t25-,26-,27+,28+,29-,32+,33-,35+,36-,37-,38-,39?,40+,42-,43-/m1/s1. The van der Waals surface area contributed by atoms with Gasteiger partial charge < -0.3 is 54.6 Å². The van der Waals surface area contributed by atoms with Crippen LogP contribution >= 0.6 is 0 Å². The van der Waals surface area contributed by atoms with Gasteiger partial charge in [0.1, 0.15) is 23.6 Å². The van der Waals surface area contributed by atoms with Gasteiger partial charge >= 0.3 is 12.1 Å². The van der Waals surface area contributed by atoms with E-state index in [1.54, 1.807) is 79.1 Å². The molecule has 3 heterocycles. The third kappa shape index (κ3) is 12.9. The summed E-state index contributed by atoms with van der Waals surface area (Å²) in [5.41, 5.74) is 4.39. The second-order valence-corrected chi connectivity index (χ2v) is 16.7. The van der Waals surface area contributed by atoms with Crippen LogP contribution in [-0.2, 0) is 42.8 Å². The normalized spacial score (nSPS) is 37.8. The highest BCUT2D eigenvalue weighted by Gasteiger charge is 2.54. The van der Waals surface area contributed by atoms with Crippen LogP contribution < -0.4 is 11.1 Å². The molecule has 1 aromatic rings. The molecule has 2 saturated heterocycles. The number of aromatic nitrogens is 1. The van der Waals surface area contributed by atoms with Gasteiger partial charge in [-0.1, -0.05) is 65.0 Å². The number of carbonyl (C=O) groups is 4. The highest BCUT2D eigenvalue weighted by molar-refractivity contribution is 5.84. The van der Waals surface area contributed by atoms with Crippen LogP contribution in [0.15, 0.2) is 42.8 Å². The summed E-state index contributed by atoms with van der Waals surface area (Å²) in [5, 5.41) is 26.4. The molecule has 0 bridgehead atoms. The monoisotopic (exact) mass is 832 g/mol. The Bertz CT molecular complexity index is 1580. The zero-order valence-electron chi connectivity index (χ0n) is 36.5. The third-order valence-electron chi connectivity index (χ3n) is 11.8. The molecular weight excluding hydrogens is 764 g/mol. The molecule has 16 heteroatoms.